The monoisotopic (exact) mass is 239 g/mol. The van der Waals surface area contributed by atoms with E-state index < -0.39 is 5.97 Å². The molecule has 0 atom stereocenters. The van der Waals surface area contributed by atoms with Crippen LogP contribution in [0.3, 0.4) is 0 Å². The van der Waals surface area contributed by atoms with Crippen molar-refractivity contribution >= 4 is 5.97 Å². The van der Waals surface area contributed by atoms with E-state index in [1.807, 2.05) is 0 Å². The van der Waals surface area contributed by atoms with Gasteiger partial charge in [0.05, 0.1) is 32.0 Å². The SMILES string of the molecule is NCCOCCOCc1ccc(C(=O)O)cc1. The number of carboxylic acid groups (broad SMARTS) is 1. The highest BCUT2D eigenvalue weighted by Crippen LogP contribution is 2.05. The number of aromatic carboxylic acids is 1. The van der Waals surface area contributed by atoms with E-state index in [1.165, 1.54) is 0 Å². The lowest BCUT2D eigenvalue weighted by molar-refractivity contribution is 0.0433. The molecule has 94 valence electrons. The van der Waals surface area contributed by atoms with Crippen LogP contribution in [0.4, 0.5) is 0 Å². The molecule has 0 spiro atoms. The third-order valence-electron chi connectivity index (χ3n) is 2.10. The fourth-order valence-electron chi connectivity index (χ4n) is 1.24. The number of rotatable bonds is 8. The minimum Gasteiger partial charge on any atom is -0.478 e. The Hall–Kier alpha value is -1.43. The topological polar surface area (TPSA) is 81.8 Å². The van der Waals surface area contributed by atoms with Gasteiger partial charge in [-0.1, -0.05) is 12.1 Å². The average molecular weight is 239 g/mol. The first-order chi connectivity index (χ1) is 8.24. The molecule has 1 rings (SSSR count). The molecular formula is C12H17NO4. The van der Waals surface area contributed by atoms with Crippen molar-refractivity contribution in [2.45, 2.75) is 6.61 Å². The van der Waals surface area contributed by atoms with Crippen molar-refractivity contribution in [3.63, 3.8) is 0 Å². The first kappa shape index (κ1) is 13.6. The molecule has 0 aliphatic rings. The van der Waals surface area contributed by atoms with Gasteiger partial charge >= 0.3 is 5.97 Å². The first-order valence-corrected chi connectivity index (χ1v) is 5.42. The molecule has 0 heterocycles. The molecule has 5 heteroatoms. The van der Waals surface area contributed by atoms with Gasteiger partial charge in [0.25, 0.3) is 0 Å². The lowest BCUT2D eigenvalue weighted by atomic mass is 10.1. The molecule has 0 radical (unpaired) electrons. The summed E-state index contributed by atoms with van der Waals surface area (Å²) < 4.78 is 10.5. The maximum atomic E-state index is 10.6. The number of hydrogen-bond acceptors (Lipinski definition) is 4. The van der Waals surface area contributed by atoms with Gasteiger partial charge in [-0.25, -0.2) is 4.79 Å². The van der Waals surface area contributed by atoms with Crippen LogP contribution in [0.5, 0.6) is 0 Å². The first-order valence-electron chi connectivity index (χ1n) is 5.42. The third kappa shape index (κ3) is 5.44. The van der Waals surface area contributed by atoms with Gasteiger partial charge in [-0.15, -0.1) is 0 Å². The van der Waals surface area contributed by atoms with Gasteiger partial charge in [-0.3, -0.25) is 0 Å². The van der Waals surface area contributed by atoms with Gasteiger partial charge in [0.2, 0.25) is 0 Å². The molecule has 0 saturated heterocycles. The summed E-state index contributed by atoms with van der Waals surface area (Å²) in [5.41, 5.74) is 6.48. The normalized spacial score (nSPS) is 10.4. The van der Waals surface area contributed by atoms with Gasteiger partial charge in [-0.2, -0.15) is 0 Å². The summed E-state index contributed by atoms with van der Waals surface area (Å²) in [6.45, 7) is 2.52. The Balaban J connectivity index is 2.21. The minimum absolute atomic E-state index is 0.278. The van der Waals surface area contributed by atoms with E-state index in [-0.39, 0.29) is 5.56 Å². The summed E-state index contributed by atoms with van der Waals surface area (Å²) in [6, 6.07) is 6.60. The van der Waals surface area contributed by atoms with E-state index in [9.17, 15) is 4.79 Å². The fraction of sp³-hybridized carbons (Fsp3) is 0.417. The third-order valence-corrected chi connectivity index (χ3v) is 2.10. The number of carboxylic acids is 1. The van der Waals surface area contributed by atoms with Crippen LogP contribution < -0.4 is 5.73 Å². The number of benzene rings is 1. The molecule has 0 aliphatic heterocycles. The summed E-state index contributed by atoms with van der Waals surface area (Å²) in [5, 5.41) is 8.71. The van der Waals surface area contributed by atoms with Crippen LogP contribution in [-0.2, 0) is 16.1 Å². The van der Waals surface area contributed by atoms with Crippen molar-refractivity contribution < 1.29 is 19.4 Å². The average Bonchev–Trinajstić information content (AvgIpc) is 2.34. The highest BCUT2D eigenvalue weighted by molar-refractivity contribution is 5.87. The van der Waals surface area contributed by atoms with Crippen molar-refractivity contribution in [1.82, 2.24) is 0 Å². The molecule has 1 aromatic rings. The zero-order valence-corrected chi connectivity index (χ0v) is 9.59. The van der Waals surface area contributed by atoms with Gasteiger partial charge < -0.3 is 20.3 Å². The lowest BCUT2D eigenvalue weighted by Crippen LogP contribution is -2.11. The second-order valence-corrected chi connectivity index (χ2v) is 3.46. The Labute approximate surface area is 100 Å². The molecule has 17 heavy (non-hydrogen) atoms. The summed E-state index contributed by atoms with van der Waals surface area (Å²) in [6.07, 6.45) is 0. The zero-order chi connectivity index (χ0) is 12.5. The summed E-state index contributed by atoms with van der Waals surface area (Å²) in [5.74, 6) is -0.923. The van der Waals surface area contributed by atoms with Crippen molar-refractivity contribution in [2.24, 2.45) is 5.73 Å². The molecular weight excluding hydrogens is 222 g/mol. The Kier molecular flexibility index (Phi) is 6.24. The van der Waals surface area contributed by atoms with Crippen LogP contribution in [0.1, 0.15) is 15.9 Å². The largest absolute Gasteiger partial charge is 0.478 e. The molecule has 5 nitrogen and oxygen atoms in total. The van der Waals surface area contributed by atoms with Gasteiger partial charge in [0.15, 0.2) is 0 Å². The number of carbonyl (C=O) groups is 1. The predicted octanol–water partition coefficient (Wildman–Crippen LogP) is 0.877. The van der Waals surface area contributed by atoms with Gasteiger partial charge in [0, 0.05) is 6.54 Å². The van der Waals surface area contributed by atoms with Crippen molar-refractivity contribution in [3.8, 4) is 0 Å². The fourth-order valence-corrected chi connectivity index (χ4v) is 1.24. The summed E-state index contributed by atoms with van der Waals surface area (Å²) in [4.78, 5) is 10.6. The number of nitrogens with two attached hydrogens (primary N) is 1. The van der Waals surface area contributed by atoms with E-state index in [0.29, 0.717) is 33.0 Å². The van der Waals surface area contributed by atoms with Crippen LogP contribution in [0.25, 0.3) is 0 Å². The molecule has 0 bridgehead atoms. The maximum absolute atomic E-state index is 10.6. The van der Waals surface area contributed by atoms with Crippen LogP contribution in [0.2, 0.25) is 0 Å². The molecule has 3 N–H and O–H groups in total. The molecule has 0 fully saturated rings. The number of ether oxygens (including phenoxy) is 2. The highest BCUT2D eigenvalue weighted by Gasteiger charge is 2.01. The molecule has 0 aliphatic carbocycles. The number of hydrogen-bond donors (Lipinski definition) is 2. The van der Waals surface area contributed by atoms with Crippen molar-refractivity contribution in [2.75, 3.05) is 26.4 Å². The lowest BCUT2D eigenvalue weighted by Gasteiger charge is -2.05. The smallest absolute Gasteiger partial charge is 0.335 e. The molecule has 1 aromatic carbocycles. The molecule has 0 saturated carbocycles. The van der Waals surface area contributed by atoms with Crippen molar-refractivity contribution in [3.05, 3.63) is 35.4 Å². The van der Waals surface area contributed by atoms with Gasteiger partial charge in [0.1, 0.15) is 0 Å². The summed E-state index contributed by atoms with van der Waals surface area (Å²) >= 11 is 0. The molecule has 0 unspecified atom stereocenters. The van der Waals surface area contributed by atoms with Crippen LogP contribution in [0.15, 0.2) is 24.3 Å². The standard InChI is InChI=1S/C12H17NO4/c13-5-6-16-7-8-17-9-10-1-3-11(4-2-10)12(14)15/h1-4H,5-9,13H2,(H,14,15). The molecule has 0 amide bonds. The Morgan fingerprint density at radius 3 is 2.35 bits per heavy atom. The van der Waals surface area contributed by atoms with E-state index >= 15 is 0 Å². The second kappa shape index (κ2) is 7.78. The van der Waals surface area contributed by atoms with Crippen LogP contribution in [0, 0.1) is 0 Å². The highest BCUT2D eigenvalue weighted by atomic mass is 16.5. The summed E-state index contributed by atoms with van der Waals surface area (Å²) in [7, 11) is 0. The van der Waals surface area contributed by atoms with Crippen molar-refractivity contribution in [1.29, 1.82) is 0 Å². The Morgan fingerprint density at radius 1 is 1.12 bits per heavy atom. The van der Waals surface area contributed by atoms with E-state index in [2.05, 4.69) is 0 Å². The van der Waals surface area contributed by atoms with E-state index in [0.717, 1.165) is 5.56 Å². The predicted molar refractivity (Wildman–Crippen MR) is 62.9 cm³/mol. The Morgan fingerprint density at radius 2 is 1.76 bits per heavy atom. The molecule has 0 aromatic heterocycles. The van der Waals surface area contributed by atoms with Gasteiger partial charge in [-0.05, 0) is 17.7 Å². The zero-order valence-electron chi connectivity index (χ0n) is 9.59. The van der Waals surface area contributed by atoms with Crippen LogP contribution in [-0.4, -0.2) is 37.4 Å². The van der Waals surface area contributed by atoms with E-state index in [4.69, 9.17) is 20.3 Å². The van der Waals surface area contributed by atoms with E-state index in [1.54, 1.807) is 24.3 Å². The minimum atomic E-state index is -0.923. The maximum Gasteiger partial charge on any atom is 0.335 e. The second-order valence-electron chi connectivity index (χ2n) is 3.46. The Bertz CT molecular complexity index is 337. The van der Waals surface area contributed by atoms with Crippen LogP contribution >= 0.6 is 0 Å². The quantitative estimate of drug-likeness (QED) is 0.658.